The van der Waals surface area contributed by atoms with Gasteiger partial charge in [-0.15, -0.1) is 0 Å². The highest BCUT2D eigenvalue weighted by molar-refractivity contribution is 5.72. The van der Waals surface area contributed by atoms with E-state index in [1.807, 2.05) is 13.1 Å². The predicted octanol–water partition coefficient (Wildman–Crippen LogP) is 2.40. The van der Waals surface area contributed by atoms with Crippen LogP contribution in [0.15, 0.2) is 12.5 Å². The quantitative estimate of drug-likeness (QED) is 0.854. The molecule has 0 amide bonds. The minimum atomic E-state index is -0.732. The molecule has 1 heterocycles. The second-order valence-corrected chi connectivity index (χ2v) is 4.64. The van der Waals surface area contributed by atoms with Gasteiger partial charge in [-0.25, -0.2) is 9.78 Å². The van der Waals surface area contributed by atoms with Crippen LogP contribution in [-0.4, -0.2) is 20.6 Å². The summed E-state index contributed by atoms with van der Waals surface area (Å²) in [7, 11) is 0. The van der Waals surface area contributed by atoms with Gasteiger partial charge in [0, 0.05) is 6.20 Å². The average molecular weight is 222 g/mol. The largest absolute Gasteiger partial charge is 0.480 e. The highest BCUT2D eigenvalue weighted by Crippen LogP contribution is 2.33. The topological polar surface area (TPSA) is 55.1 Å². The van der Waals surface area contributed by atoms with Crippen molar-refractivity contribution in [2.75, 3.05) is 0 Å². The van der Waals surface area contributed by atoms with Gasteiger partial charge in [-0.3, -0.25) is 0 Å². The van der Waals surface area contributed by atoms with Gasteiger partial charge in [0.2, 0.25) is 0 Å². The molecule has 0 bridgehead atoms. The van der Waals surface area contributed by atoms with Crippen LogP contribution in [0.5, 0.6) is 0 Å². The van der Waals surface area contributed by atoms with Gasteiger partial charge in [0.25, 0.3) is 0 Å². The number of carbonyl (C=O) groups is 1. The number of rotatable bonds is 3. The fourth-order valence-electron chi connectivity index (χ4n) is 2.61. The van der Waals surface area contributed by atoms with E-state index < -0.39 is 12.0 Å². The molecule has 1 unspecified atom stereocenters. The van der Waals surface area contributed by atoms with Gasteiger partial charge in [0.15, 0.2) is 0 Å². The normalized spacial score (nSPS) is 19.6. The third kappa shape index (κ3) is 2.26. The molecular formula is C12H18N2O2. The van der Waals surface area contributed by atoms with E-state index in [4.69, 9.17) is 0 Å². The molecule has 0 saturated heterocycles. The number of aryl methyl sites for hydroxylation is 1. The van der Waals surface area contributed by atoms with E-state index >= 15 is 0 Å². The van der Waals surface area contributed by atoms with E-state index in [0.717, 1.165) is 31.4 Å². The first kappa shape index (κ1) is 11.2. The molecule has 16 heavy (non-hydrogen) atoms. The Morgan fingerprint density at radius 3 is 2.69 bits per heavy atom. The summed E-state index contributed by atoms with van der Waals surface area (Å²) in [5, 5.41) is 9.34. The smallest absolute Gasteiger partial charge is 0.327 e. The third-order valence-electron chi connectivity index (χ3n) is 3.40. The first-order valence-corrected chi connectivity index (χ1v) is 5.91. The van der Waals surface area contributed by atoms with Gasteiger partial charge < -0.3 is 9.67 Å². The molecule has 2 rings (SSSR count). The van der Waals surface area contributed by atoms with E-state index in [1.165, 1.54) is 6.42 Å². The number of imidazole rings is 1. The highest BCUT2D eigenvalue weighted by Gasteiger charge is 2.30. The van der Waals surface area contributed by atoms with Crippen LogP contribution in [0.2, 0.25) is 0 Å². The number of carboxylic acids is 1. The Hall–Kier alpha value is -1.32. The van der Waals surface area contributed by atoms with Gasteiger partial charge in [0.1, 0.15) is 6.04 Å². The van der Waals surface area contributed by atoms with Crippen molar-refractivity contribution in [3.8, 4) is 0 Å². The zero-order chi connectivity index (χ0) is 11.5. The van der Waals surface area contributed by atoms with Crippen LogP contribution in [0.1, 0.15) is 43.8 Å². The molecule has 88 valence electrons. The van der Waals surface area contributed by atoms with Gasteiger partial charge in [-0.1, -0.05) is 19.3 Å². The third-order valence-corrected chi connectivity index (χ3v) is 3.40. The number of hydrogen-bond acceptors (Lipinski definition) is 2. The number of hydrogen-bond donors (Lipinski definition) is 1. The van der Waals surface area contributed by atoms with E-state index in [0.29, 0.717) is 0 Å². The SMILES string of the molecule is Cc1cn(C(C(=O)O)C2CCCCC2)cn1. The summed E-state index contributed by atoms with van der Waals surface area (Å²) in [5.74, 6) is -0.468. The molecule has 1 atom stereocenters. The zero-order valence-electron chi connectivity index (χ0n) is 9.59. The lowest BCUT2D eigenvalue weighted by molar-refractivity contribution is -0.143. The summed E-state index contributed by atoms with van der Waals surface area (Å²) in [6.07, 6.45) is 9.06. The van der Waals surface area contributed by atoms with Gasteiger partial charge in [0.05, 0.1) is 12.0 Å². The lowest BCUT2D eigenvalue weighted by Gasteiger charge is -2.28. The Kier molecular flexibility index (Phi) is 3.27. The monoisotopic (exact) mass is 222 g/mol. The van der Waals surface area contributed by atoms with E-state index in [2.05, 4.69) is 4.98 Å². The van der Waals surface area contributed by atoms with Crippen molar-refractivity contribution in [1.82, 2.24) is 9.55 Å². The molecular weight excluding hydrogens is 204 g/mol. The fourth-order valence-corrected chi connectivity index (χ4v) is 2.61. The maximum atomic E-state index is 11.4. The van der Waals surface area contributed by atoms with Crippen molar-refractivity contribution in [1.29, 1.82) is 0 Å². The number of aromatic nitrogens is 2. The molecule has 0 aliphatic heterocycles. The Labute approximate surface area is 95.3 Å². The first-order chi connectivity index (χ1) is 7.68. The highest BCUT2D eigenvalue weighted by atomic mass is 16.4. The van der Waals surface area contributed by atoms with Gasteiger partial charge in [-0.05, 0) is 25.7 Å². The molecule has 1 aromatic heterocycles. The van der Waals surface area contributed by atoms with Gasteiger partial charge in [-0.2, -0.15) is 0 Å². The zero-order valence-corrected chi connectivity index (χ0v) is 9.59. The fraction of sp³-hybridized carbons (Fsp3) is 0.667. The Bertz CT molecular complexity index is 367. The van der Waals surface area contributed by atoms with Crippen LogP contribution < -0.4 is 0 Å². The van der Waals surface area contributed by atoms with Gasteiger partial charge >= 0.3 is 5.97 Å². The van der Waals surface area contributed by atoms with Crippen LogP contribution in [-0.2, 0) is 4.79 Å². The second kappa shape index (κ2) is 4.68. The molecule has 1 aliphatic carbocycles. The van der Waals surface area contributed by atoms with Crippen LogP contribution in [0, 0.1) is 12.8 Å². The standard InChI is InChI=1S/C12H18N2O2/c1-9-7-14(8-13-9)11(12(15)16)10-5-3-2-4-6-10/h7-8,10-11H,2-6H2,1H3,(H,15,16). The Morgan fingerprint density at radius 1 is 1.50 bits per heavy atom. The molecule has 1 aliphatic rings. The van der Waals surface area contributed by atoms with E-state index in [9.17, 15) is 9.90 Å². The molecule has 0 aromatic carbocycles. The lowest BCUT2D eigenvalue weighted by Crippen LogP contribution is -2.28. The number of carboxylic acid groups (broad SMARTS) is 1. The molecule has 1 saturated carbocycles. The van der Waals surface area contributed by atoms with Crippen molar-refractivity contribution in [3.05, 3.63) is 18.2 Å². The van der Waals surface area contributed by atoms with Crippen molar-refractivity contribution in [2.45, 2.75) is 45.1 Å². The first-order valence-electron chi connectivity index (χ1n) is 5.91. The van der Waals surface area contributed by atoms with E-state index in [1.54, 1.807) is 10.9 Å². The maximum absolute atomic E-state index is 11.4. The maximum Gasteiger partial charge on any atom is 0.327 e. The summed E-state index contributed by atoms with van der Waals surface area (Å²) in [4.78, 5) is 15.5. The van der Waals surface area contributed by atoms with E-state index in [-0.39, 0.29) is 5.92 Å². The molecule has 1 aromatic rings. The lowest BCUT2D eigenvalue weighted by atomic mass is 9.84. The number of aliphatic carboxylic acids is 1. The Balaban J connectivity index is 2.19. The Morgan fingerprint density at radius 2 is 2.19 bits per heavy atom. The second-order valence-electron chi connectivity index (χ2n) is 4.64. The molecule has 4 heteroatoms. The van der Waals surface area contributed by atoms with Crippen LogP contribution in [0.25, 0.3) is 0 Å². The van der Waals surface area contributed by atoms with Crippen LogP contribution in [0.3, 0.4) is 0 Å². The van der Waals surface area contributed by atoms with Crippen molar-refractivity contribution >= 4 is 5.97 Å². The van der Waals surface area contributed by atoms with Crippen LogP contribution in [0.4, 0.5) is 0 Å². The molecule has 0 radical (unpaired) electrons. The summed E-state index contributed by atoms with van der Waals surface area (Å²) >= 11 is 0. The molecule has 1 fully saturated rings. The summed E-state index contributed by atoms with van der Waals surface area (Å²) in [6, 6.07) is -0.429. The minimum Gasteiger partial charge on any atom is -0.480 e. The summed E-state index contributed by atoms with van der Waals surface area (Å²) < 4.78 is 1.76. The predicted molar refractivity (Wildman–Crippen MR) is 60.2 cm³/mol. The van der Waals surface area contributed by atoms with Crippen molar-refractivity contribution in [3.63, 3.8) is 0 Å². The number of nitrogens with zero attached hydrogens (tertiary/aromatic N) is 2. The molecule has 4 nitrogen and oxygen atoms in total. The van der Waals surface area contributed by atoms with Crippen molar-refractivity contribution < 1.29 is 9.90 Å². The molecule has 0 spiro atoms. The summed E-state index contributed by atoms with van der Waals surface area (Å²) in [6.45, 7) is 1.89. The molecule has 1 N–H and O–H groups in total. The van der Waals surface area contributed by atoms with Crippen molar-refractivity contribution in [2.24, 2.45) is 5.92 Å². The van der Waals surface area contributed by atoms with Crippen LogP contribution >= 0.6 is 0 Å². The minimum absolute atomic E-state index is 0.264. The average Bonchev–Trinajstić information content (AvgIpc) is 2.66. The summed E-state index contributed by atoms with van der Waals surface area (Å²) in [5.41, 5.74) is 0.877.